The van der Waals surface area contributed by atoms with Gasteiger partial charge in [-0.05, 0) is 18.9 Å². The molecule has 0 aromatic rings. The Bertz CT molecular complexity index is 511. The number of rotatable bonds is 9. The third-order valence-corrected chi connectivity index (χ3v) is 5.12. The Morgan fingerprint density at radius 3 is 2.52 bits per heavy atom. The minimum atomic E-state index is 0.153. The minimum Gasteiger partial charge on any atom is -0.368 e. The van der Waals surface area contributed by atoms with Gasteiger partial charge in [-0.2, -0.15) is 0 Å². The molecule has 2 aliphatic rings. The Hall–Kier alpha value is -1.58. The molecule has 1 unspecified atom stereocenters. The van der Waals surface area contributed by atoms with Crippen molar-refractivity contribution in [1.82, 2.24) is 10.2 Å². The summed E-state index contributed by atoms with van der Waals surface area (Å²) < 4.78 is 0. The Morgan fingerprint density at radius 2 is 1.88 bits per heavy atom. The zero-order chi connectivity index (χ0) is 18.1. The van der Waals surface area contributed by atoms with Gasteiger partial charge in [-0.15, -0.1) is 0 Å². The van der Waals surface area contributed by atoms with Gasteiger partial charge in [0, 0.05) is 31.3 Å². The van der Waals surface area contributed by atoms with Gasteiger partial charge < -0.3 is 10.2 Å². The number of hydrogen-bond donors (Lipinski definition) is 1. The van der Waals surface area contributed by atoms with Crippen LogP contribution >= 0.6 is 0 Å². The second-order valence-corrected chi connectivity index (χ2v) is 7.33. The average Bonchev–Trinajstić information content (AvgIpc) is 2.88. The van der Waals surface area contributed by atoms with Gasteiger partial charge in [-0.25, -0.2) is 4.99 Å². The van der Waals surface area contributed by atoms with Crippen LogP contribution < -0.4 is 5.32 Å². The molecule has 2 heterocycles. The van der Waals surface area contributed by atoms with Gasteiger partial charge in [-0.1, -0.05) is 65.4 Å². The summed E-state index contributed by atoms with van der Waals surface area (Å²) in [5.74, 6) is 1.16. The summed E-state index contributed by atoms with van der Waals surface area (Å²) in [5.41, 5.74) is 0.731. The monoisotopic (exact) mass is 345 g/mol. The lowest BCUT2D eigenvalue weighted by molar-refractivity contribution is -0.129. The highest BCUT2D eigenvalue weighted by Gasteiger charge is 2.29. The van der Waals surface area contributed by atoms with E-state index in [1.807, 2.05) is 12.3 Å². The highest BCUT2D eigenvalue weighted by atomic mass is 16.2. The quantitative estimate of drug-likeness (QED) is 0.628. The molecule has 0 bridgehead atoms. The SMILES string of the molecule is CCCCCC(CCCCC)N1CCNC2=C(C=CC(C)C=N2)C1=O. The predicted octanol–water partition coefficient (Wildman–Crippen LogP) is 4.44. The van der Waals surface area contributed by atoms with Gasteiger partial charge in [0.25, 0.3) is 5.91 Å². The number of carbonyl (C=O) groups excluding carboxylic acids is 1. The van der Waals surface area contributed by atoms with E-state index < -0.39 is 0 Å². The summed E-state index contributed by atoms with van der Waals surface area (Å²) in [6.45, 7) is 8.11. The fourth-order valence-corrected chi connectivity index (χ4v) is 3.57. The molecule has 0 spiro atoms. The molecular weight excluding hydrogens is 310 g/mol. The van der Waals surface area contributed by atoms with E-state index in [-0.39, 0.29) is 11.8 Å². The zero-order valence-corrected chi connectivity index (χ0v) is 16.3. The third-order valence-electron chi connectivity index (χ3n) is 5.12. The van der Waals surface area contributed by atoms with Gasteiger partial charge in [0.2, 0.25) is 0 Å². The molecule has 4 nitrogen and oxygen atoms in total. The van der Waals surface area contributed by atoms with Gasteiger partial charge >= 0.3 is 0 Å². The Morgan fingerprint density at radius 1 is 1.20 bits per heavy atom. The lowest BCUT2D eigenvalue weighted by Gasteiger charge is -2.31. The number of amides is 1. The molecule has 0 aromatic carbocycles. The molecule has 0 radical (unpaired) electrons. The topological polar surface area (TPSA) is 44.7 Å². The number of unbranched alkanes of at least 4 members (excludes halogenated alkanes) is 4. The zero-order valence-electron chi connectivity index (χ0n) is 16.3. The summed E-state index contributed by atoms with van der Waals surface area (Å²) in [5, 5.41) is 3.36. The number of allylic oxidation sites excluding steroid dienone is 1. The normalized spacial score (nSPS) is 20.6. The summed E-state index contributed by atoms with van der Waals surface area (Å²) in [7, 11) is 0. The molecule has 0 aliphatic carbocycles. The van der Waals surface area contributed by atoms with Crippen LogP contribution in [-0.2, 0) is 4.79 Å². The first-order chi connectivity index (χ1) is 12.2. The molecule has 0 aromatic heterocycles. The maximum atomic E-state index is 13.2. The summed E-state index contributed by atoms with van der Waals surface area (Å²) in [6.07, 6.45) is 15.6. The summed E-state index contributed by atoms with van der Waals surface area (Å²) >= 11 is 0. The number of nitrogens with zero attached hydrogens (tertiary/aromatic N) is 2. The highest BCUT2D eigenvalue weighted by molar-refractivity contribution is 5.98. The Labute approximate surface area is 153 Å². The van der Waals surface area contributed by atoms with E-state index in [0.29, 0.717) is 6.04 Å². The lowest BCUT2D eigenvalue weighted by atomic mass is 9.99. The summed E-state index contributed by atoms with van der Waals surface area (Å²) in [4.78, 5) is 19.9. The van der Waals surface area contributed by atoms with Crippen molar-refractivity contribution >= 4 is 12.1 Å². The van der Waals surface area contributed by atoms with E-state index in [1.165, 1.54) is 38.5 Å². The van der Waals surface area contributed by atoms with Crippen LogP contribution in [0.5, 0.6) is 0 Å². The Balaban J connectivity index is 2.15. The molecule has 0 fully saturated rings. The molecule has 0 saturated heterocycles. The first-order valence-electron chi connectivity index (χ1n) is 10.2. The number of hydrogen-bond acceptors (Lipinski definition) is 3. The van der Waals surface area contributed by atoms with Crippen molar-refractivity contribution in [2.24, 2.45) is 10.9 Å². The molecule has 2 rings (SSSR count). The molecule has 0 saturated carbocycles. The van der Waals surface area contributed by atoms with Crippen molar-refractivity contribution in [3.63, 3.8) is 0 Å². The minimum absolute atomic E-state index is 0.153. The van der Waals surface area contributed by atoms with Crippen LogP contribution in [0, 0.1) is 5.92 Å². The fraction of sp³-hybridized carbons (Fsp3) is 0.714. The predicted molar refractivity (Wildman–Crippen MR) is 106 cm³/mol. The van der Waals surface area contributed by atoms with E-state index >= 15 is 0 Å². The maximum Gasteiger partial charge on any atom is 0.257 e. The van der Waals surface area contributed by atoms with E-state index in [4.69, 9.17) is 0 Å². The molecule has 1 atom stereocenters. The first-order valence-corrected chi connectivity index (χ1v) is 10.2. The smallest absolute Gasteiger partial charge is 0.257 e. The van der Waals surface area contributed by atoms with Crippen molar-refractivity contribution in [3.8, 4) is 0 Å². The largest absolute Gasteiger partial charge is 0.368 e. The van der Waals surface area contributed by atoms with Crippen molar-refractivity contribution in [2.75, 3.05) is 13.1 Å². The van der Waals surface area contributed by atoms with Crippen LogP contribution in [-0.4, -0.2) is 36.2 Å². The second kappa shape index (κ2) is 10.4. The van der Waals surface area contributed by atoms with Crippen LogP contribution in [0.3, 0.4) is 0 Å². The standard InChI is InChI=1S/C21H35N3O/c1-4-6-8-10-18(11-9-7-5-2)24-15-14-22-20-19(21(24)25)13-12-17(3)16-23-20/h12-13,16-18,22H,4-11,14-15H2,1-3H3. The summed E-state index contributed by atoms with van der Waals surface area (Å²) in [6, 6.07) is 0.359. The molecule has 140 valence electrons. The number of carbonyl (C=O) groups is 1. The number of aliphatic imine (C=N–C) groups is 1. The van der Waals surface area contributed by atoms with Gasteiger partial charge in [0.1, 0.15) is 5.82 Å². The molecule has 4 heteroatoms. The van der Waals surface area contributed by atoms with Gasteiger partial charge in [0.15, 0.2) is 0 Å². The molecule has 1 N–H and O–H groups in total. The molecule has 2 aliphatic heterocycles. The molecule has 25 heavy (non-hydrogen) atoms. The average molecular weight is 346 g/mol. The van der Waals surface area contributed by atoms with E-state index in [0.717, 1.165) is 37.3 Å². The maximum absolute atomic E-state index is 13.2. The molecular formula is C21H35N3O. The fourth-order valence-electron chi connectivity index (χ4n) is 3.57. The van der Waals surface area contributed by atoms with E-state index in [1.54, 1.807) is 0 Å². The van der Waals surface area contributed by atoms with Crippen LogP contribution in [0.2, 0.25) is 0 Å². The molecule has 1 amide bonds. The Kier molecular flexibility index (Phi) is 8.23. The van der Waals surface area contributed by atoms with Crippen LogP contribution in [0.4, 0.5) is 0 Å². The van der Waals surface area contributed by atoms with Crippen molar-refractivity contribution < 1.29 is 4.79 Å². The van der Waals surface area contributed by atoms with E-state index in [2.05, 4.69) is 42.1 Å². The first kappa shape index (κ1) is 19.7. The van der Waals surface area contributed by atoms with Crippen molar-refractivity contribution in [3.05, 3.63) is 23.5 Å². The van der Waals surface area contributed by atoms with Crippen molar-refractivity contribution in [2.45, 2.75) is 78.2 Å². The highest BCUT2D eigenvalue weighted by Crippen LogP contribution is 2.23. The van der Waals surface area contributed by atoms with Crippen LogP contribution in [0.25, 0.3) is 0 Å². The van der Waals surface area contributed by atoms with Gasteiger partial charge in [-0.3, -0.25) is 4.79 Å². The van der Waals surface area contributed by atoms with Crippen LogP contribution in [0.15, 0.2) is 28.5 Å². The van der Waals surface area contributed by atoms with Gasteiger partial charge in [0.05, 0.1) is 5.57 Å². The third kappa shape index (κ3) is 5.72. The second-order valence-electron chi connectivity index (χ2n) is 7.33. The number of nitrogens with one attached hydrogen (secondary N) is 1. The van der Waals surface area contributed by atoms with E-state index in [9.17, 15) is 4.79 Å². The van der Waals surface area contributed by atoms with Crippen molar-refractivity contribution in [1.29, 1.82) is 0 Å². The lowest BCUT2D eigenvalue weighted by Crippen LogP contribution is -2.42. The van der Waals surface area contributed by atoms with Crippen LogP contribution in [0.1, 0.15) is 72.1 Å².